The lowest BCUT2D eigenvalue weighted by atomic mass is 9.88. The van der Waals surface area contributed by atoms with E-state index in [-0.39, 0.29) is 22.9 Å². The highest BCUT2D eigenvalue weighted by atomic mass is 16.5. The molecule has 0 spiro atoms. The maximum atomic E-state index is 13.2. The zero-order chi connectivity index (χ0) is 29.1. The fourth-order valence-electron chi connectivity index (χ4n) is 5.42. The number of hydrogen-bond acceptors (Lipinski definition) is 6. The van der Waals surface area contributed by atoms with Crippen molar-refractivity contribution in [3.05, 3.63) is 94.5 Å². The van der Waals surface area contributed by atoms with Crippen LogP contribution >= 0.6 is 0 Å². The van der Waals surface area contributed by atoms with Gasteiger partial charge in [0.1, 0.15) is 0 Å². The van der Waals surface area contributed by atoms with Crippen LogP contribution in [0.5, 0.6) is 0 Å². The van der Waals surface area contributed by atoms with Gasteiger partial charge in [0.15, 0.2) is 0 Å². The van der Waals surface area contributed by atoms with Crippen LogP contribution in [0.25, 0.3) is 11.3 Å². The molecular formula is C32H34N4O5. The molecule has 0 aromatic heterocycles. The van der Waals surface area contributed by atoms with Crippen LogP contribution in [0.3, 0.4) is 0 Å². The zero-order valence-electron chi connectivity index (χ0n) is 23.4. The van der Waals surface area contributed by atoms with Crippen molar-refractivity contribution in [2.24, 2.45) is 0 Å². The van der Waals surface area contributed by atoms with Gasteiger partial charge in [-0.25, -0.2) is 4.79 Å². The molecule has 9 nitrogen and oxygen atoms in total. The summed E-state index contributed by atoms with van der Waals surface area (Å²) in [5.41, 5.74) is 4.66. The predicted octanol–water partition coefficient (Wildman–Crippen LogP) is 4.47. The summed E-state index contributed by atoms with van der Waals surface area (Å²) in [6, 6.07) is 19.8. The molecule has 2 aliphatic rings. The highest BCUT2D eigenvalue weighted by Crippen LogP contribution is 2.39. The molecule has 0 bridgehead atoms. The molecule has 2 aliphatic heterocycles. The number of amides is 2. The first-order chi connectivity index (χ1) is 19.7. The lowest BCUT2D eigenvalue weighted by Gasteiger charge is -2.42. The molecule has 212 valence electrons. The number of benzene rings is 3. The number of rotatable bonds is 8. The third kappa shape index (κ3) is 5.73. The number of carboxylic acid groups (broad SMARTS) is 1. The fraction of sp³-hybridized carbons (Fsp3) is 0.281. The molecule has 41 heavy (non-hydrogen) atoms. The Balaban J connectivity index is 1.42. The Hall–Kier alpha value is -4.47. The standard InChI is InChI=1S/C32H34N4O5/c1-20-17-25-26(18-24(20)31(39)40)35-30(38)27(25)28(21-7-5-4-6-8-21)34-23-11-9-22(10-12-23)29(37)33-19-32(36(2)3)13-15-41-16-14-32/h4-12,17-18,34H,13-16,19H2,1-3H3,(H,33,37)(H,35,38)(H,39,40)/b28-27+. The Morgan fingerprint density at radius 3 is 2.32 bits per heavy atom. The highest BCUT2D eigenvalue weighted by molar-refractivity contribution is 6.37. The van der Waals surface area contributed by atoms with Crippen molar-refractivity contribution in [3.8, 4) is 0 Å². The number of ether oxygens (including phenoxy) is 1. The summed E-state index contributed by atoms with van der Waals surface area (Å²) in [4.78, 5) is 40.1. The van der Waals surface area contributed by atoms with Crippen molar-refractivity contribution in [1.29, 1.82) is 0 Å². The number of aromatic carboxylic acids is 1. The summed E-state index contributed by atoms with van der Waals surface area (Å²) in [6.45, 7) is 3.60. The molecule has 2 heterocycles. The van der Waals surface area contributed by atoms with Crippen molar-refractivity contribution >= 4 is 40.4 Å². The first-order valence-corrected chi connectivity index (χ1v) is 13.6. The number of carbonyl (C=O) groups is 3. The van der Waals surface area contributed by atoms with Crippen LogP contribution < -0.4 is 16.0 Å². The number of anilines is 2. The van der Waals surface area contributed by atoms with E-state index in [0.29, 0.717) is 59.1 Å². The van der Waals surface area contributed by atoms with E-state index in [1.165, 1.54) is 6.07 Å². The predicted molar refractivity (Wildman–Crippen MR) is 159 cm³/mol. The number of carboxylic acids is 1. The van der Waals surface area contributed by atoms with E-state index in [4.69, 9.17) is 4.74 Å². The summed E-state index contributed by atoms with van der Waals surface area (Å²) in [6.07, 6.45) is 1.71. The van der Waals surface area contributed by atoms with Gasteiger partial charge in [-0.3, -0.25) is 9.59 Å². The third-order valence-corrected chi connectivity index (χ3v) is 8.02. The topological polar surface area (TPSA) is 120 Å². The van der Waals surface area contributed by atoms with E-state index >= 15 is 0 Å². The molecule has 0 saturated carbocycles. The van der Waals surface area contributed by atoms with Crippen LogP contribution in [0.15, 0.2) is 66.7 Å². The molecule has 1 fully saturated rings. The van der Waals surface area contributed by atoms with Crippen molar-refractivity contribution in [1.82, 2.24) is 10.2 Å². The second-order valence-corrected chi connectivity index (χ2v) is 10.7. The van der Waals surface area contributed by atoms with Crippen LogP contribution in [-0.2, 0) is 9.53 Å². The summed E-state index contributed by atoms with van der Waals surface area (Å²) in [7, 11) is 4.07. The van der Waals surface area contributed by atoms with Gasteiger partial charge >= 0.3 is 5.97 Å². The maximum absolute atomic E-state index is 13.2. The normalized spacial score (nSPS) is 17.0. The number of aryl methyl sites for hydroxylation is 1. The molecule has 0 atom stereocenters. The first kappa shape index (κ1) is 28.1. The van der Waals surface area contributed by atoms with E-state index in [0.717, 1.165) is 18.4 Å². The van der Waals surface area contributed by atoms with Crippen molar-refractivity contribution in [2.45, 2.75) is 25.3 Å². The van der Waals surface area contributed by atoms with Crippen LogP contribution in [0.1, 0.15) is 50.2 Å². The van der Waals surface area contributed by atoms with Crippen molar-refractivity contribution in [2.75, 3.05) is 44.5 Å². The van der Waals surface area contributed by atoms with Gasteiger partial charge in [-0.2, -0.15) is 0 Å². The molecule has 0 aliphatic carbocycles. The molecular weight excluding hydrogens is 520 g/mol. The molecule has 3 aromatic rings. The van der Waals surface area contributed by atoms with Gasteiger partial charge in [0.05, 0.1) is 22.5 Å². The van der Waals surface area contributed by atoms with Gasteiger partial charge in [0.25, 0.3) is 11.8 Å². The van der Waals surface area contributed by atoms with Crippen molar-refractivity contribution in [3.63, 3.8) is 0 Å². The average molecular weight is 555 g/mol. The quantitative estimate of drug-likeness (QED) is 0.304. The second kappa shape index (κ2) is 11.6. The maximum Gasteiger partial charge on any atom is 0.336 e. The van der Waals surface area contributed by atoms with E-state index in [1.54, 1.807) is 37.3 Å². The van der Waals surface area contributed by atoms with Gasteiger partial charge < -0.3 is 30.7 Å². The van der Waals surface area contributed by atoms with Gasteiger partial charge in [-0.05, 0) is 81.4 Å². The molecule has 4 N–H and O–H groups in total. The van der Waals surface area contributed by atoms with Crippen LogP contribution in [-0.4, -0.2) is 67.2 Å². The largest absolute Gasteiger partial charge is 0.478 e. The molecule has 3 aromatic carbocycles. The molecule has 9 heteroatoms. The van der Waals surface area contributed by atoms with Gasteiger partial charge in [-0.15, -0.1) is 0 Å². The minimum absolute atomic E-state index is 0.131. The number of nitrogens with one attached hydrogen (secondary N) is 3. The average Bonchev–Trinajstić information content (AvgIpc) is 3.29. The van der Waals surface area contributed by atoms with E-state index in [2.05, 4.69) is 20.9 Å². The Kier molecular flexibility index (Phi) is 7.92. The van der Waals surface area contributed by atoms with E-state index in [1.807, 2.05) is 44.4 Å². The Labute approximate surface area is 239 Å². The van der Waals surface area contributed by atoms with Crippen LogP contribution in [0.2, 0.25) is 0 Å². The van der Waals surface area contributed by atoms with Gasteiger partial charge in [0.2, 0.25) is 0 Å². The Morgan fingerprint density at radius 1 is 1.00 bits per heavy atom. The monoisotopic (exact) mass is 554 g/mol. The minimum atomic E-state index is -1.05. The second-order valence-electron chi connectivity index (χ2n) is 10.7. The summed E-state index contributed by atoms with van der Waals surface area (Å²) < 4.78 is 5.53. The number of nitrogens with zero attached hydrogens (tertiary/aromatic N) is 1. The Bertz CT molecular complexity index is 1510. The van der Waals surface area contributed by atoms with Crippen LogP contribution in [0.4, 0.5) is 11.4 Å². The minimum Gasteiger partial charge on any atom is -0.478 e. The number of likely N-dealkylation sites (N-methyl/N-ethyl adjacent to an activating group) is 1. The third-order valence-electron chi connectivity index (χ3n) is 8.02. The van der Waals surface area contributed by atoms with E-state index < -0.39 is 5.97 Å². The van der Waals surface area contributed by atoms with Gasteiger partial charge in [-0.1, -0.05) is 30.3 Å². The summed E-state index contributed by atoms with van der Waals surface area (Å²) in [5, 5.41) is 18.8. The van der Waals surface area contributed by atoms with E-state index in [9.17, 15) is 19.5 Å². The number of fused-ring (bicyclic) bond motifs is 1. The fourth-order valence-corrected chi connectivity index (χ4v) is 5.42. The smallest absolute Gasteiger partial charge is 0.336 e. The highest BCUT2D eigenvalue weighted by Gasteiger charge is 2.35. The van der Waals surface area contributed by atoms with Crippen LogP contribution in [0, 0.1) is 6.92 Å². The molecule has 2 amide bonds. The summed E-state index contributed by atoms with van der Waals surface area (Å²) in [5.74, 6) is -1.53. The molecule has 0 radical (unpaired) electrons. The molecule has 0 unspecified atom stereocenters. The zero-order valence-corrected chi connectivity index (χ0v) is 23.4. The molecule has 5 rings (SSSR count). The molecule has 1 saturated heterocycles. The Morgan fingerprint density at radius 2 is 1.68 bits per heavy atom. The first-order valence-electron chi connectivity index (χ1n) is 13.6. The lowest BCUT2D eigenvalue weighted by molar-refractivity contribution is -0.110. The SMILES string of the molecule is Cc1cc2c(cc1C(=O)O)NC(=O)/C2=C(/Nc1ccc(C(=O)NCC2(N(C)C)CCOCC2)cc1)c1ccccc1. The number of carbonyl (C=O) groups excluding carboxylic acids is 2. The summed E-state index contributed by atoms with van der Waals surface area (Å²) >= 11 is 0. The van der Waals surface area contributed by atoms with Gasteiger partial charge in [0, 0.05) is 42.1 Å². The lowest BCUT2D eigenvalue weighted by Crippen LogP contribution is -2.55. The van der Waals surface area contributed by atoms with Crippen molar-refractivity contribution < 1.29 is 24.2 Å². The number of hydrogen-bond donors (Lipinski definition) is 4.